The van der Waals surface area contributed by atoms with Gasteiger partial charge in [0.15, 0.2) is 0 Å². The maximum absolute atomic E-state index is 5.90. The summed E-state index contributed by atoms with van der Waals surface area (Å²) in [7, 11) is 0. The van der Waals surface area contributed by atoms with Crippen LogP contribution in [0.15, 0.2) is 11.8 Å². The van der Waals surface area contributed by atoms with Crippen molar-refractivity contribution in [3.63, 3.8) is 0 Å². The van der Waals surface area contributed by atoms with Crippen molar-refractivity contribution < 1.29 is 0 Å². The summed E-state index contributed by atoms with van der Waals surface area (Å²) in [5.41, 5.74) is 1.18. The van der Waals surface area contributed by atoms with Crippen molar-refractivity contribution in [3.05, 3.63) is 21.7 Å². The van der Waals surface area contributed by atoms with Crippen LogP contribution >= 0.6 is 22.9 Å². The number of aryl methyl sites for hydroxylation is 1. The van der Waals surface area contributed by atoms with E-state index in [1.165, 1.54) is 10.5 Å². The zero-order valence-electron chi connectivity index (χ0n) is 7.47. The van der Waals surface area contributed by atoms with Crippen LogP contribution in [0.1, 0.15) is 23.7 Å². The van der Waals surface area contributed by atoms with Gasteiger partial charge in [-0.15, -0.1) is 22.9 Å². The summed E-state index contributed by atoms with van der Waals surface area (Å²) < 4.78 is 0. The van der Waals surface area contributed by atoms with Gasteiger partial charge in [-0.05, 0) is 26.8 Å². The van der Waals surface area contributed by atoms with E-state index in [0.29, 0.717) is 0 Å². The number of alkyl halides is 1. The quantitative estimate of drug-likeness (QED) is 0.668. The highest BCUT2D eigenvalue weighted by Crippen LogP contribution is 2.18. The number of aromatic nitrogens is 1. The second-order valence-corrected chi connectivity index (χ2v) is 4.71. The van der Waals surface area contributed by atoms with E-state index in [2.05, 4.69) is 11.1 Å². The Morgan fingerprint density at radius 2 is 2.42 bits per heavy atom. The molecule has 0 N–H and O–H groups in total. The first-order valence-corrected chi connectivity index (χ1v) is 5.09. The van der Waals surface area contributed by atoms with Crippen LogP contribution in [0, 0.1) is 6.92 Å². The second kappa shape index (κ2) is 4.06. The molecule has 0 aliphatic carbocycles. The Balaban J connectivity index is 2.80. The molecule has 1 unspecified atom stereocenters. The fourth-order valence-corrected chi connectivity index (χ4v) is 1.64. The predicted octanol–water partition coefficient (Wildman–Crippen LogP) is 3.48. The average Bonchev–Trinajstić information content (AvgIpc) is 2.35. The van der Waals surface area contributed by atoms with Crippen LogP contribution in [-0.2, 0) is 0 Å². The summed E-state index contributed by atoms with van der Waals surface area (Å²) in [6.45, 7) is 6.01. The molecule has 0 aromatic carbocycles. The molecule has 66 valence electrons. The Bertz CT molecular complexity index is 288. The van der Waals surface area contributed by atoms with Crippen molar-refractivity contribution in [2.24, 2.45) is 0 Å². The van der Waals surface area contributed by atoms with Gasteiger partial charge in [0.2, 0.25) is 0 Å². The van der Waals surface area contributed by atoms with E-state index in [0.717, 1.165) is 5.01 Å². The van der Waals surface area contributed by atoms with Gasteiger partial charge in [-0.25, -0.2) is 4.98 Å². The molecule has 0 aliphatic heterocycles. The third-order valence-electron chi connectivity index (χ3n) is 1.64. The van der Waals surface area contributed by atoms with Crippen LogP contribution in [0.4, 0.5) is 0 Å². The molecule has 0 saturated carbocycles. The number of halogens is 1. The molecular weight excluding hydrogens is 190 g/mol. The minimum atomic E-state index is 0.104. The number of rotatable bonds is 2. The van der Waals surface area contributed by atoms with Crippen molar-refractivity contribution in [2.75, 3.05) is 0 Å². The fourth-order valence-electron chi connectivity index (χ4n) is 0.784. The molecule has 3 heteroatoms. The lowest BCUT2D eigenvalue weighted by molar-refractivity contribution is 1.12. The van der Waals surface area contributed by atoms with Crippen molar-refractivity contribution in [1.82, 2.24) is 4.98 Å². The highest BCUT2D eigenvalue weighted by atomic mass is 35.5. The van der Waals surface area contributed by atoms with E-state index in [-0.39, 0.29) is 5.38 Å². The molecule has 1 nitrogen and oxygen atoms in total. The van der Waals surface area contributed by atoms with E-state index < -0.39 is 0 Å². The summed E-state index contributed by atoms with van der Waals surface area (Å²) in [4.78, 5) is 5.34. The first kappa shape index (κ1) is 9.75. The van der Waals surface area contributed by atoms with Gasteiger partial charge >= 0.3 is 0 Å². The minimum Gasteiger partial charge on any atom is -0.249 e. The average molecular weight is 202 g/mol. The summed E-state index contributed by atoms with van der Waals surface area (Å²) in [6.07, 6.45) is 3.96. The lowest BCUT2D eigenvalue weighted by Gasteiger charge is -2.00. The molecule has 0 radical (unpaired) electrons. The second-order valence-electron chi connectivity index (χ2n) is 2.79. The lowest BCUT2D eigenvalue weighted by Crippen LogP contribution is -1.90. The molecule has 0 spiro atoms. The van der Waals surface area contributed by atoms with Gasteiger partial charge < -0.3 is 0 Å². The Hall–Kier alpha value is -0.340. The third-order valence-corrected chi connectivity index (χ3v) is 2.84. The minimum absolute atomic E-state index is 0.104. The largest absolute Gasteiger partial charge is 0.249 e. The van der Waals surface area contributed by atoms with E-state index in [1.54, 1.807) is 11.3 Å². The SMILES string of the molecule is C/C(=C\c1cnc(C)s1)C(C)Cl. The number of hydrogen-bond donors (Lipinski definition) is 0. The maximum atomic E-state index is 5.90. The normalized spacial score (nSPS) is 14.8. The van der Waals surface area contributed by atoms with Crippen molar-refractivity contribution in [1.29, 1.82) is 0 Å². The van der Waals surface area contributed by atoms with Crippen LogP contribution in [-0.4, -0.2) is 10.4 Å². The predicted molar refractivity (Wildman–Crippen MR) is 55.8 cm³/mol. The van der Waals surface area contributed by atoms with E-state index >= 15 is 0 Å². The zero-order chi connectivity index (χ0) is 9.14. The fraction of sp³-hybridized carbons (Fsp3) is 0.444. The number of nitrogens with zero attached hydrogens (tertiary/aromatic N) is 1. The van der Waals surface area contributed by atoms with E-state index in [9.17, 15) is 0 Å². The molecule has 1 aromatic heterocycles. The monoisotopic (exact) mass is 201 g/mol. The smallest absolute Gasteiger partial charge is 0.0900 e. The molecule has 0 fully saturated rings. The van der Waals surface area contributed by atoms with E-state index in [1.807, 2.05) is 27.0 Å². The van der Waals surface area contributed by atoms with Gasteiger partial charge in [-0.1, -0.05) is 5.57 Å². The van der Waals surface area contributed by atoms with Crippen molar-refractivity contribution in [3.8, 4) is 0 Å². The molecule has 1 heterocycles. The molecule has 12 heavy (non-hydrogen) atoms. The lowest BCUT2D eigenvalue weighted by atomic mass is 10.2. The van der Waals surface area contributed by atoms with Crippen LogP contribution < -0.4 is 0 Å². The van der Waals surface area contributed by atoms with Gasteiger partial charge in [0, 0.05) is 11.1 Å². The molecule has 0 saturated heterocycles. The topological polar surface area (TPSA) is 12.9 Å². The van der Waals surface area contributed by atoms with Crippen molar-refractivity contribution in [2.45, 2.75) is 26.1 Å². The molecule has 0 amide bonds. The molecular formula is C9H12ClNS. The van der Waals surface area contributed by atoms with Gasteiger partial charge in [0.05, 0.1) is 10.4 Å². The van der Waals surface area contributed by atoms with Crippen LogP contribution in [0.25, 0.3) is 6.08 Å². The highest BCUT2D eigenvalue weighted by molar-refractivity contribution is 7.12. The zero-order valence-corrected chi connectivity index (χ0v) is 9.04. The van der Waals surface area contributed by atoms with Crippen LogP contribution in [0.5, 0.6) is 0 Å². The molecule has 0 bridgehead atoms. The number of allylic oxidation sites excluding steroid dienone is 1. The van der Waals surface area contributed by atoms with E-state index in [4.69, 9.17) is 11.6 Å². The van der Waals surface area contributed by atoms with Crippen molar-refractivity contribution >= 4 is 29.0 Å². The Morgan fingerprint density at radius 3 is 2.83 bits per heavy atom. The number of thiazole rings is 1. The van der Waals surface area contributed by atoms with Gasteiger partial charge in [-0.2, -0.15) is 0 Å². The molecule has 1 rings (SSSR count). The molecule has 1 aromatic rings. The first-order valence-electron chi connectivity index (χ1n) is 3.84. The Morgan fingerprint density at radius 1 is 1.75 bits per heavy atom. The summed E-state index contributed by atoms with van der Waals surface area (Å²) in [5.74, 6) is 0. The van der Waals surface area contributed by atoms with Crippen LogP contribution in [0.3, 0.4) is 0 Å². The van der Waals surface area contributed by atoms with Gasteiger partial charge in [0.1, 0.15) is 0 Å². The highest BCUT2D eigenvalue weighted by Gasteiger charge is 2.00. The van der Waals surface area contributed by atoms with Crippen LogP contribution in [0.2, 0.25) is 0 Å². The summed E-state index contributed by atoms with van der Waals surface area (Å²) >= 11 is 7.59. The summed E-state index contributed by atoms with van der Waals surface area (Å²) in [6, 6.07) is 0. The summed E-state index contributed by atoms with van der Waals surface area (Å²) in [5, 5.41) is 1.20. The number of hydrogen-bond acceptors (Lipinski definition) is 2. The molecule has 0 aliphatic rings. The van der Waals surface area contributed by atoms with Gasteiger partial charge in [-0.3, -0.25) is 0 Å². The van der Waals surface area contributed by atoms with Gasteiger partial charge in [0.25, 0.3) is 0 Å². The Kier molecular flexibility index (Phi) is 3.29. The standard InChI is InChI=1S/C9H12ClNS/c1-6(7(2)10)4-9-5-11-8(3)12-9/h4-5,7H,1-3H3/b6-4+. The third kappa shape index (κ3) is 2.61. The Labute approximate surface area is 82.1 Å². The first-order chi connectivity index (χ1) is 5.59. The maximum Gasteiger partial charge on any atom is 0.0900 e. The molecule has 1 atom stereocenters.